The molecule has 1 aliphatic carbocycles. The summed E-state index contributed by atoms with van der Waals surface area (Å²) < 4.78 is 14.4. The van der Waals surface area contributed by atoms with E-state index in [0.717, 1.165) is 12.8 Å². The average Bonchev–Trinajstić information content (AvgIpc) is 3.04. The first-order valence-corrected chi connectivity index (χ1v) is 7.18. The van der Waals surface area contributed by atoms with Gasteiger partial charge in [-0.15, -0.1) is 0 Å². The molecule has 1 heterocycles. The third-order valence-electron chi connectivity index (χ3n) is 3.99. The number of hydrogen-bond donors (Lipinski definition) is 0. The largest absolute Gasteiger partial charge is 0.469 e. The van der Waals surface area contributed by atoms with Gasteiger partial charge in [-0.05, 0) is 25.7 Å². The van der Waals surface area contributed by atoms with Crippen molar-refractivity contribution in [2.24, 2.45) is 5.92 Å². The molecular formula is C15H19NO6. The Hall–Kier alpha value is -2.18. The maximum atomic E-state index is 11.9. The lowest BCUT2D eigenvalue weighted by Gasteiger charge is -2.25. The van der Waals surface area contributed by atoms with Gasteiger partial charge < -0.3 is 13.9 Å². The van der Waals surface area contributed by atoms with Crippen LogP contribution in [0.25, 0.3) is 0 Å². The summed E-state index contributed by atoms with van der Waals surface area (Å²) in [5.74, 6) is -0.641. The van der Waals surface area contributed by atoms with Crippen molar-refractivity contribution >= 4 is 17.7 Å². The van der Waals surface area contributed by atoms with E-state index in [1.165, 1.54) is 20.5 Å². The van der Waals surface area contributed by atoms with Crippen LogP contribution >= 0.6 is 0 Å². The maximum absolute atomic E-state index is 11.9. The fourth-order valence-corrected chi connectivity index (χ4v) is 2.69. The van der Waals surface area contributed by atoms with Crippen molar-refractivity contribution in [1.29, 1.82) is 0 Å². The van der Waals surface area contributed by atoms with Crippen molar-refractivity contribution in [3.05, 3.63) is 17.8 Å². The molecule has 0 spiro atoms. The third kappa shape index (κ3) is 3.72. The van der Waals surface area contributed by atoms with Crippen LogP contribution in [0.3, 0.4) is 0 Å². The lowest BCUT2D eigenvalue weighted by atomic mass is 9.79. The quantitative estimate of drug-likeness (QED) is 0.605. The SMILES string of the molecule is COC(=O)CC(=O)C1CCC(c2nc(C(=O)OC)co2)CC1. The minimum Gasteiger partial charge on any atom is -0.469 e. The highest BCUT2D eigenvalue weighted by molar-refractivity contribution is 5.96. The standard InChI is InChI=1S/C15H19NO6/c1-20-13(18)7-12(17)9-3-5-10(6-4-9)14-16-11(8-22-14)15(19)21-2/h8-10H,3-7H2,1-2H3. The fourth-order valence-electron chi connectivity index (χ4n) is 2.69. The van der Waals surface area contributed by atoms with Crippen LogP contribution in [-0.4, -0.2) is 36.9 Å². The zero-order valence-electron chi connectivity index (χ0n) is 12.7. The number of oxazole rings is 1. The molecule has 2 rings (SSSR count). The first-order valence-electron chi connectivity index (χ1n) is 7.18. The third-order valence-corrected chi connectivity index (χ3v) is 3.99. The number of ketones is 1. The van der Waals surface area contributed by atoms with E-state index in [9.17, 15) is 14.4 Å². The number of carbonyl (C=O) groups is 3. The lowest BCUT2D eigenvalue weighted by Crippen LogP contribution is -2.23. The summed E-state index contributed by atoms with van der Waals surface area (Å²) in [7, 11) is 2.56. The van der Waals surface area contributed by atoms with Gasteiger partial charge in [0, 0.05) is 11.8 Å². The molecule has 1 aromatic heterocycles. The van der Waals surface area contributed by atoms with Crippen molar-refractivity contribution in [3.8, 4) is 0 Å². The minimum atomic E-state index is -0.531. The topological polar surface area (TPSA) is 95.7 Å². The highest BCUT2D eigenvalue weighted by atomic mass is 16.5. The molecule has 120 valence electrons. The van der Waals surface area contributed by atoms with Crippen molar-refractivity contribution in [2.75, 3.05) is 14.2 Å². The van der Waals surface area contributed by atoms with Gasteiger partial charge in [0.05, 0.1) is 14.2 Å². The summed E-state index contributed by atoms with van der Waals surface area (Å²) in [5, 5.41) is 0. The Morgan fingerprint density at radius 3 is 2.45 bits per heavy atom. The van der Waals surface area contributed by atoms with Gasteiger partial charge in [-0.3, -0.25) is 9.59 Å². The summed E-state index contributed by atoms with van der Waals surface area (Å²) in [6, 6.07) is 0. The second-order valence-corrected chi connectivity index (χ2v) is 5.33. The molecule has 1 fully saturated rings. The second kappa shape index (κ2) is 7.20. The van der Waals surface area contributed by atoms with Crippen LogP contribution in [0.4, 0.5) is 0 Å². The van der Waals surface area contributed by atoms with Gasteiger partial charge in [-0.25, -0.2) is 9.78 Å². The number of ether oxygens (including phenoxy) is 2. The second-order valence-electron chi connectivity index (χ2n) is 5.33. The van der Waals surface area contributed by atoms with E-state index in [1.807, 2.05) is 0 Å². The first kappa shape index (κ1) is 16.2. The zero-order valence-corrected chi connectivity index (χ0v) is 12.7. The molecular weight excluding hydrogens is 290 g/mol. The molecule has 0 amide bonds. The molecule has 7 heteroatoms. The van der Waals surface area contributed by atoms with E-state index in [0.29, 0.717) is 18.7 Å². The summed E-state index contributed by atoms with van der Waals surface area (Å²) in [6.07, 6.45) is 3.94. The Bertz CT molecular complexity index is 556. The highest BCUT2D eigenvalue weighted by Gasteiger charge is 2.30. The molecule has 0 N–H and O–H groups in total. The zero-order chi connectivity index (χ0) is 16.1. The van der Waals surface area contributed by atoms with E-state index in [4.69, 9.17) is 4.42 Å². The van der Waals surface area contributed by atoms with E-state index >= 15 is 0 Å². The predicted molar refractivity (Wildman–Crippen MR) is 74.2 cm³/mol. The van der Waals surface area contributed by atoms with Crippen LogP contribution in [0.5, 0.6) is 0 Å². The smallest absolute Gasteiger partial charge is 0.360 e. The van der Waals surface area contributed by atoms with Crippen molar-refractivity contribution in [1.82, 2.24) is 4.98 Å². The molecule has 1 aromatic rings. The number of rotatable bonds is 5. The summed E-state index contributed by atoms with van der Waals surface area (Å²) >= 11 is 0. The van der Waals surface area contributed by atoms with Crippen molar-refractivity contribution in [3.63, 3.8) is 0 Å². The summed E-state index contributed by atoms with van der Waals surface area (Å²) in [4.78, 5) is 38.6. The Kier molecular flexibility index (Phi) is 5.30. The summed E-state index contributed by atoms with van der Waals surface area (Å²) in [6.45, 7) is 0. The average molecular weight is 309 g/mol. The number of aromatic nitrogens is 1. The molecule has 22 heavy (non-hydrogen) atoms. The van der Waals surface area contributed by atoms with E-state index < -0.39 is 11.9 Å². The fraction of sp³-hybridized carbons (Fsp3) is 0.600. The van der Waals surface area contributed by atoms with Crippen LogP contribution in [0.1, 0.15) is 54.4 Å². The Morgan fingerprint density at radius 2 is 1.86 bits per heavy atom. The molecule has 1 aliphatic rings. The monoisotopic (exact) mass is 309 g/mol. The van der Waals surface area contributed by atoms with Gasteiger partial charge in [0.15, 0.2) is 11.6 Å². The van der Waals surface area contributed by atoms with Gasteiger partial charge in [0.25, 0.3) is 0 Å². The van der Waals surface area contributed by atoms with Gasteiger partial charge >= 0.3 is 11.9 Å². The Labute approximate surface area is 128 Å². The minimum absolute atomic E-state index is 0.0760. The molecule has 0 aromatic carbocycles. The number of Topliss-reactive ketones (excluding diaryl/α,β-unsaturated/α-hetero) is 1. The van der Waals surface area contributed by atoms with E-state index in [-0.39, 0.29) is 29.7 Å². The van der Waals surface area contributed by atoms with Crippen LogP contribution < -0.4 is 0 Å². The molecule has 7 nitrogen and oxygen atoms in total. The molecule has 0 atom stereocenters. The number of esters is 2. The lowest BCUT2D eigenvalue weighted by molar-refractivity contribution is -0.144. The van der Waals surface area contributed by atoms with Gasteiger partial charge in [-0.2, -0.15) is 0 Å². The van der Waals surface area contributed by atoms with Crippen LogP contribution in [-0.2, 0) is 19.1 Å². The number of hydrogen-bond acceptors (Lipinski definition) is 7. The first-order chi connectivity index (χ1) is 10.5. The number of methoxy groups -OCH3 is 2. The molecule has 0 radical (unpaired) electrons. The summed E-state index contributed by atoms with van der Waals surface area (Å²) in [5.41, 5.74) is 0.154. The van der Waals surface area contributed by atoms with Crippen molar-refractivity contribution < 1.29 is 28.3 Å². The normalized spacial score (nSPS) is 21.2. The Balaban J connectivity index is 1.89. The van der Waals surface area contributed by atoms with Gasteiger partial charge in [0.1, 0.15) is 18.5 Å². The number of nitrogens with zero attached hydrogens (tertiary/aromatic N) is 1. The van der Waals surface area contributed by atoms with E-state index in [2.05, 4.69) is 14.5 Å². The molecule has 1 saturated carbocycles. The maximum Gasteiger partial charge on any atom is 0.360 e. The van der Waals surface area contributed by atoms with Crippen LogP contribution in [0.2, 0.25) is 0 Å². The van der Waals surface area contributed by atoms with E-state index in [1.54, 1.807) is 0 Å². The van der Waals surface area contributed by atoms with Crippen LogP contribution in [0, 0.1) is 5.92 Å². The molecule has 0 aliphatic heterocycles. The Morgan fingerprint density at radius 1 is 1.18 bits per heavy atom. The molecule has 0 unspecified atom stereocenters. The predicted octanol–water partition coefficient (Wildman–Crippen LogP) is 1.87. The van der Waals surface area contributed by atoms with Crippen LogP contribution in [0.15, 0.2) is 10.7 Å². The number of carbonyl (C=O) groups excluding carboxylic acids is 3. The van der Waals surface area contributed by atoms with Gasteiger partial charge in [-0.1, -0.05) is 0 Å². The highest BCUT2D eigenvalue weighted by Crippen LogP contribution is 2.36. The molecule has 0 bridgehead atoms. The van der Waals surface area contributed by atoms with Gasteiger partial charge in [0.2, 0.25) is 0 Å². The van der Waals surface area contributed by atoms with Crippen molar-refractivity contribution in [2.45, 2.75) is 38.0 Å². The molecule has 0 saturated heterocycles.